The minimum atomic E-state index is -0.0433. The largest absolute Gasteiger partial charge is 0.352 e. The fourth-order valence-electron chi connectivity index (χ4n) is 3.35. The Morgan fingerprint density at radius 3 is 2.67 bits per heavy atom. The number of hydrogen-bond acceptors (Lipinski definition) is 6. The van der Waals surface area contributed by atoms with E-state index in [1.54, 1.807) is 17.1 Å². The first-order valence-corrected chi connectivity index (χ1v) is 9.42. The van der Waals surface area contributed by atoms with E-state index in [1.165, 1.54) is 0 Å². The second-order valence-corrected chi connectivity index (χ2v) is 7.53. The van der Waals surface area contributed by atoms with Crippen LogP contribution in [0.4, 0.5) is 5.95 Å². The molecule has 0 spiro atoms. The third-order valence-electron chi connectivity index (χ3n) is 4.91. The van der Waals surface area contributed by atoms with Crippen LogP contribution in [0, 0.1) is 12.8 Å². The summed E-state index contributed by atoms with van der Waals surface area (Å²) in [6.45, 7) is 5.62. The highest BCUT2D eigenvalue weighted by Gasteiger charge is 2.21. The number of anilines is 1. The van der Waals surface area contributed by atoms with Crippen LogP contribution in [0.3, 0.4) is 0 Å². The lowest BCUT2D eigenvalue weighted by atomic mass is 9.96. The Hall–Kier alpha value is -2.48. The van der Waals surface area contributed by atoms with Crippen LogP contribution < -0.4 is 10.2 Å². The van der Waals surface area contributed by atoms with E-state index in [-0.39, 0.29) is 5.91 Å². The molecule has 1 fully saturated rings. The van der Waals surface area contributed by atoms with Gasteiger partial charge in [-0.05, 0) is 44.8 Å². The van der Waals surface area contributed by atoms with E-state index in [0.717, 1.165) is 56.4 Å². The maximum Gasteiger partial charge on any atom is 0.254 e. The first kappa shape index (κ1) is 19.3. The normalized spacial score (nSPS) is 15.7. The average Bonchev–Trinajstić information content (AvgIpc) is 3.07. The number of carbonyl (C=O) groups is 1. The summed E-state index contributed by atoms with van der Waals surface area (Å²) in [5.74, 6) is 1.24. The third kappa shape index (κ3) is 5.26. The molecule has 1 aliphatic heterocycles. The number of rotatable bonds is 6. The predicted molar refractivity (Wildman–Crippen MR) is 105 cm³/mol. The fourth-order valence-corrected chi connectivity index (χ4v) is 3.35. The molecule has 1 N–H and O–H groups in total. The Morgan fingerprint density at radius 2 is 2.04 bits per heavy atom. The minimum absolute atomic E-state index is 0.0433. The van der Waals surface area contributed by atoms with E-state index >= 15 is 0 Å². The fraction of sp³-hybridized carbons (Fsp3) is 0.579. The molecule has 2 aromatic heterocycles. The molecule has 3 rings (SSSR count). The molecule has 2 aromatic rings. The van der Waals surface area contributed by atoms with Gasteiger partial charge in [0.25, 0.3) is 5.91 Å². The molecular formula is C19H29N7O. The predicted octanol–water partition coefficient (Wildman–Crippen LogP) is 1.23. The van der Waals surface area contributed by atoms with Gasteiger partial charge < -0.3 is 10.2 Å². The molecule has 1 saturated heterocycles. The molecule has 8 heteroatoms. The number of piperidine rings is 1. The van der Waals surface area contributed by atoms with Gasteiger partial charge in [-0.25, -0.2) is 9.97 Å². The SMILES string of the molecule is Cc1cc(CN2CCC(CNC(=O)c3cnn(C)c3)CC2)nc(N(C)C)n1. The van der Waals surface area contributed by atoms with Crippen LogP contribution in [-0.2, 0) is 13.6 Å². The topological polar surface area (TPSA) is 79.2 Å². The first-order chi connectivity index (χ1) is 12.9. The lowest BCUT2D eigenvalue weighted by molar-refractivity contribution is 0.0935. The van der Waals surface area contributed by atoms with Gasteiger partial charge in [0.05, 0.1) is 17.5 Å². The van der Waals surface area contributed by atoms with Crippen LogP contribution in [0.25, 0.3) is 0 Å². The van der Waals surface area contributed by atoms with E-state index in [4.69, 9.17) is 0 Å². The number of nitrogens with one attached hydrogen (secondary N) is 1. The van der Waals surface area contributed by atoms with Crippen LogP contribution in [0.1, 0.15) is 34.6 Å². The smallest absolute Gasteiger partial charge is 0.254 e. The van der Waals surface area contributed by atoms with Crippen molar-refractivity contribution in [2.75, 3.05) is 38.6 Å². The standard InChI is InChI=1S/C19H29N7O/c1-14-9-17(23-19(22-14)24(2)3)13-26-7-5-15(6-8-26)10-20-18(27)16-11-21-25(4)12-16/h9,11-12,15H,5-8,10,13H2,1-4H3,(H,20,27). The van der Waals surface area contributed by atoms with Gasteiger partial charge >= 0.3 is 0 Å². The second-order valence-electron chi connectivity index (χ2n) is 7.53. The molecule has 27 heavy (non-hydrogen) atoms. The molecule has 0 unspecified atom stereocenters. The minimum Gasteiger partial charge on any atom is -0.352 e. The van der Waals surface area contributed by atoms with Crippen molar-refractivity contribution in [3.05, 3.63) is 35.4 Å². The maximum absolute atomic E-state index is 12.1. The molecular weight excluding hydrogens is 342 g/mol. The lowest BCUT2D eigenvalue weighted by Crippen LogP contribution is -2.38. The van der Waals surface area contributed by atoms with Crippen molar-refractivity contribution in [1.29, 1.82) is 0 Å². The van der Waals surface area contributed by atoms with Gasteiger partial charge in [-0.15, -0.1) is 0 Å². The Kier molecular flexibility index (Phi) is 6.05. The number of aromatic nitrogens is 4. The van der Waals surface area contributed by atoms with Crippen LogP contribution in [0.15, 0.2) is 18.5 Å². The molecule has 146 valence electrons. The molecule has 0 saturated carbocycles. The van der Waals surface area contributed by atoms with Crippen molar-refractivity contribution in [3.63, 3.8) is 0 Å². The summed E-state index contributed by atoms with van der Waals surface area (Å²) in [5, 5.41) is 7.08. The molecule has 0 radical (unpaired) electrons. The van der Waals surface area contributed by atoms with Crippen LogP contribution in [-0.4, -0.2) is 64.3 Å². The molecule has 0 aliphatic carbocycles. The van der Waals surface area contributed by atoms with Crippen LogP contribution in [0.2, 0.25) is 0 Å². The molecule has 1 amide bonds. The summed E-state index contributed by atoms with van der Waals surface area (Å²) in [4.78, 5) is 25.6. The van der Waals surface area contributed by atoms with E-state index in [1.807, 2.05) is 33.0 Å². The highest BCUT2D eigenvalue weighted by atomic mass is 16.1. The van der Waals surface area contributed by atoms with E-state index < -0.39 is 0 Å². The second kappa shape index (κ2) is 8.47. The summed E-state index contributed by atoms with van der Waals surface area (Å²) >= 11 is 0. The lowest BCUT2D eigenvalue weighted by Gasteiger charge is -2.31. The Balaban J connectivity index is 1.46. The summed E-state index contributed by atoms with van der Waals surface area (Å²) in [7, 11) is 5.74. The molecule has 0 aromatic carbocycles. The van der Waals surface area contributed by atoms with Gasteiger partial charge in [0, 0.05) is 46.1 Å². The zero-order chi connectivity index (χ0) is 19.4. The Bertz CT molecular complexity index is 778. The van der Waals surface area contributed by atoms with Gasteiger partial charge in [0.15, 0.2) is 0 Å². The summed E-state index contributed by atoms with van der Waals surface area (Å²) in [6, 6.07) is 2.06. The summed E-state index contributed by atoms with van der Waals surface area (Å²) in [5.41, 5.74) is 2.68. The van der Waals surface area contributed by atoms with Crippen molar-refractivity contribution < 1.29 is 4.79 Å². The summed E-state index contributed by atoms with van der Waals surface area (Å²) < 4.78 is 1.64. The van der Waals surface area contributed by atoms with Crippen LogP contribution in [0.5, 0.6) is 0 Å². The molecule has 8 nitrogen and oxygen atoms in total. The average molecular weight is 371 g/mol. The monoisotopic (exact) mass is 371 g/mol. The number of likely N-dealkylation sites (tertiary alicyclic amines) is 1. The first-order valence-electron chi connectivity index (χ1n) is 9.42. The number of amides is 1. The van der Waals surface area contributed by atoms with Gasteiger partial charge in [0.2, 0.25) is 5.95 Å². The van der Waals surface area contributed by atoms with E-state index in [0.29, 0.717) is 11.5 Å². The number of hydrogen-bond donors (Lipinski definition) is 1. The maximum atomic E-state index is 12.1. The number of nitrogens with zero attached hydrogens (tertiary/aromatic N) is 6. The number of carbonyl (C=O) groups excluding carboxylic acids is 1. The number of aryl methyl sites for hydroxylation is 2. The third-order valence-corrected chi connectivity index (χ3v) is 4.91. The highest BCUT2D eigenvalue weighted by Crippen LogP contribution is 2.19. The van der Waals surface area contributed by atoms with Crippen molar-refractivity contribution in [3.8, 4) is 0 Å². The summed E-state index contributed by atoms with van der Waals surface area (Å²) in [6.07, 6.45) is 5.50. The van der Waals surface area contributed by atoms with Gasteiger partial charge in [0.1, 0.15) is 0 Å². The van der Waals surface area contributed by atoms with E-state index in [9.17, 15) is 4.79 Å². The quantitative estimate of drug-likeness (QED) is 0.823. The molecule has 0 atom stereocenters. The molecule has 3 heterocycles. The highest BCUT2D eigenvalue weighted by molar-refractivity contribution is 5.93. The van der Waals surface area contributed by atoms with E-state index in [2.05, 4.69) is 31.3 Å². The zero-order valence-electron chi connectivity index (χ0n) is 16.6. The van der Waals surface area contributed by atoms with Gasteiger partial charge in [-0.1, -0.05) is 0 Å². The van der Waals surface area contributed by atoms with Gasteiger partial charge in [-0.2, -0.15) is 5.10 Å². The molecule has 1 aliphatic rings. The Labute approximate surface area is 160 Å². The van der Waals surface area contributed by atoms with Crippen LogP contribution >= 0.6 is 0 Å². The van der Waals surface area contributed by atoms with Gasteiger partial charge in [-0.3, -0.25) is 14.4 Å². The van der Waals surface area contributed by atoms with Crippen molar-refractivity contribution in [2.24, 2.45) is 13.0 Å². The van der Waals surface area contributed by atoms with Crippen molar-refractivity contribution in [1.82, 2.24) is 30.0 Å². The van der Waals surface area contributed by atoms with Crippen molar-refractivity contribution in [2.45, 2.75) is 26.3 Å². The zero-order valence-corrected chi connectivity index (χ0v) is 16.6. The molecule has 0 bridgehead atoms. The Morgan fingerprint density at radius 1 is 1.30 bits per heavy atom. The van der Waals surface area contributed by atoms with Crippen molar-refractivity contribution >= 4 is 11.9 Å².